The summed E-state index contributed by atoms with van der Waals surface area (Å²) in [6.45, 7) is 0. The van der Waals surface area contributed by atoms with Crippen LogP contribution in [-0.2, 0) is 0 Å². The van der Waals surface area contributed by atoms with E-state index in [1.807, 2.05) is 11.3 Å². The van der Waals surface area contributed by atoms with Crippen LogP contribution in [0.2, 0.25) is 0 Å². The molecular weight excluding hydrogens is 374 g/mol. The number of pyridine rings is 1. The molecule has 0 amide bonds. The molecule has 2 aliphatic rings. The number of nitrogens with zero attached hydrogens (tertiary/aromatic N) is 1. The van der Waals surface area contributed by atoms with Crippen LogP contribution < -0.4 is 0 Å². The SMILES string of the molecule is O=C(c1c(C2CC2)ccc2cccn12)C1CCC(c2cc3ccccc3s2)CC1. The van der Waals surface area contributed by atoms with Crippen molar-refractivity contribution in [2.45, 2.75) is 50.4 Å². The normalized spacial score (nSPS) is 22.3. The first-order chi connectivity index (χ1) is 14.3. The molecule has 0 atom stereocenters. The second-order valence-electron chi connectivity index (χ2n) is 8.81. The van der Waals surface area contributed by atoms with Crippen molar-refractivity contribution in [3.05, 3.63) is 76.9 Å². The van der Waals surface area contributed by atoms with Crippen LogP contribution >= 0.6 is 11.3 Å². The standard InChI is InChI=1S/C26H25NOS/c28-26(25-22(17-7-8-17)14-13-21-5-3-15-27(21)25)19-11-9-18(10-12-19)24-16-20-4-1-2-6-23(20)29-24/h1-6,13-19H,7-12H2. The highest BCUT2D eigenvalue weighted by Gasteiger charge is 2.34. The highest BCUT2D eigenvalue weighted by atomic mass is 32.1. The van der Waals surface area contributed by atoms with Crippen LogP contribution in [0.4, 0.5) is 0 Å². The Balaban J connectivity index is 1.25. The van der Waals surface area contributed by atoms with E-state index in [1.165, 1.54) is 33.4 Å². The molecule has 2 aliphatic carbocycles. The number of fused-ring (bicyclic) bond motifs is 2. The zero-order chi connectivity index (χ0) is 19.4. The van der Waals surface area contributed by atoms with Crippen LogP contribution in [0.25, 0.3) is 15.6 Å². The lowest BCUT2D eigenvalue weighted by molar-refractivity contribution is 0.0876. The molecule has 29 heavy (non-hydrogen) atoms. The van der Waals surface area contributed by atoms with Crippen molar-refractivity contribution >= 4 is 32.7 Å². The molecule has 6 rings (SSSR count). The van der Waals surface area contributed by atoms with Gasteiger partial charge in [0.1, 0.15) is 0 Å². The number of rotatable bonds is 4. The van der Waals surface area contributed by atoms with Crippen LogP contribution in [0.3, 0.4) is 0 Å². The minimum Gasteiger partial charge on any atom is -0.314 e. The molecule has 2 saturated carbocycles. The summed E-state index contributed by atoms with van der Waals surface area (Å²) < 4.78 is 3.53. The molecule has 0 unspecified atom stereocenters. The summed E-state index contributed by atoms with van der Waals surface area (Å²) in [6, 6.07) is 19.6. The summed E-state index contributed by atoms with van der Waals surface area (Å²) in [5.74, 6) is 1.76. The third-order valence-corrected chi connectivity index (χ3v) is 8.20. The third kappa shape index (κ3) is 3.03. The number of ketones is 1. The second kappa shape index (κ2) is 6.84. The molecule has 0 bridgehead atoms. The monoisotopic (exact) mass is 399 g/mol. The fourth-order valence-electron chi connectivity index (χ4n) is 5.15. The average molecular weight is 400 g/mol. The molecule has 1 aromatic carbocycles. The summed E-state index contributed by atoms with van der Waals surface area (Å²) in [4.78, 5) is 15.1. The molecule has 0 spiro atoms. The summed E-state index contributed by atoms with van der Waals surface area (Å²) in [7, 11) is 0. The van der Waals surface area contributed by atoms with Crippen molar-refractivity contribution < 1.29 is 4.79 Å². The zero-order valence-corrected chi connectivity index (χ0v) is 17.3. The largest absolute Gasteiger partial charge is 0.314 e. The zero-order valence-electron chi connectivity index (χ0n) is 16.5. The van der Waals surface area contributed by atoms with Crippen molar-refractivity contribution in [2.75, 3.05) is 0 Å². The van der Waals surface area contributed by atoms with E-state index in [9.17, 15) is 4.79 Å². The van der Waals surface area contributed by atoms with Gasteiger partial charge < -0.3 is 4.40 Å². The quantitative estimate of drug-likeness (QED) is 0.333. The minimum absolute atomic E-state index is 0.172. The Bertz CT molecular complexity index is 1170. The lowest BCUT2D eigenvalue weighted by atomic mass is 9.78. The Morgan fingerprint density at radius 1 is 0.862 bits per heavy atom. The molecule has 4 aromatic rings. The molecule has 146 valence electrons. The predicted octanol–water partition coefficient (Wildman–Crippen LogP) is 7.19. The maximum Gasteiger partial charge on any atom is 0.182 e. The summed E-state index contributed by atoms with van der Waals surface area (Å²) >= 11 is 1.94. The molecule has 3 aromatic heterocycles. The highest BCUT2D eigenvalue weighted by Crippen LogP contribution is 2.45. The van der Waals surface area contributed by atoms with E-state index in [2.05, 4.69) is 65.2 Å². The molecule has 3 heterocycles. The lowest BCUT2D eigenvalue weighted by Crippen LogP contribution is -2.24. The van der Waals surface area contributed by atoms with Gasteiger partial charge >= 0.3 is 0 Å². The molecule has 0 radical (unpaired) electrons. The Kier molecular flexibility index (Phi) is 4.12. The van der Waals surface area contributed by atoms with Gasteiger partial charge in [0.05, 0.1) is 5.69 Å². The van der Waals surface area contributed by atoms with E-state index in [0.29, 0.717) is 17.6 Å². The van der Waals surface area contributed by atoms with Crippen molar-refractivity contribution in [2.24, 2.45) is 5.92 Å². The first-order valence-electron chi connectivity index (χ1n) is 10.9. The summed E-state index contributed by atoms with van der Waals surface area (Å²) in [6.07, 6.45) is 8.81. The summed E-state index contributed by atoms with van der Waals surface area (Å²) in [5.41, 5.74) is 3.39. The van der Waals surface area contributed by atoms with Gasteiger partial charge in [0.2, 0.25) is 0 Å². The van der Waals surface area contributed by atoms with Crippen molar-refractivity contribution in [3.8, 4) is 0 Å². The summed E-state index contributed by atoms with van der Waals surface area (Å²) in [5, 5.41) is 1.36. The number of carbonyl (C=O) groups is 1. The van der Waals surface area contributed by atoms with E-state index in [0.717, 1.165) is 36.9 Å². The fourth-order valence-corrected chi connectivity index (χ4v) is 6.38. The minimum atomic E-state index is 0.172. The smallest absolute Gasteiger partial charge is 0.182 e. The van der Waals surface area contributed by atoms with Crippen LogP contribution in [0.1, 0.15) is 71.3 Å². The third-order valence-electron chi connectivity index (χ3n) is 6.92. The molecule has 3 heteroatoms. The molecule has 2 nitrogen and oxygen atoms in total. The van der Waals surface area contributed by atoms with Gasteiger partial charge in [-0.1, -0.05) is 24.3 Å². The topological polar surface area (TPSA) is 21.5 Å². The van der Waals surface area contributed by atoms with Gasteiger partial charge in [-0.3, -0.25) is 4.79 Å². The van der Waals surface area contributed by atoms with Crippen molar-refractivity contribution in [1.29, 1.82) is 0 Å². The maximum atomic E-state index is 13.6. The Labute approximate surface area is 175 Å². The van der Waals surface area contributed by atoms with Gasteiger partial charge in [-0.2, -0.15) is 0 Å². The van der Waals surface area contributed by atoms with Gasteiger partial charge in [-0.25, -0.2) is 0 Å². The van der Waals surface area contributed by atoms with Gasteiger partial charge in [0.15, 0.2) is 5.78 Å². The Morgan fingerprint density at radius 3 is 2.45 bits per heavy atom. The molecule has 2 fully saturated rings. The van der Waals surface area contributed by atoms with Crippen molar-refractivity contribution in [1.82, 2.24) is 4.40 Å². The van der Waals surface area contributed by atoms with Crippen LogP contribution in [0.15, 0.2) is 60.8 Å². The van der Waals surface area contributed by atoms with Gasteiger partial charge in [0, 0.05) is 27.2 Å². The number of hydrogen-bond donors (Lipinski definition) is 0. The van der Waals surface area contributed by atoms with E-state index in [-0.39, 0.29) is 5.92 Å². The van der Waals surface area contributed by atoms with Crippen LogP contribution in [0, 0.1) is 5.92 Å². The molecule has 0 saturated heterocycles. The highest BCUT2D eigenvalue weighted by molar-refractivity contribution is 7.19. The van der Waals surface area contributed by atoms with Gasteiger partial charge in [0.25, 0.3) is 0 Å². The number of Topliss-reactive ketones (excluding diaryl/α,β-unsaturated/α-hetero) is 1. The van der Waals surface area contributed by atoms with Crippen molar-refractivity contribution in [3.63, 3.8) is 0 Å². The van der Waals surface area contributed by atoms with Gasteiger partial charge in [-0.05, 0) is 91.6 Å². The van der Waals surface area contributed by atoms with E-state index < -0.39 is 0 Å². The number of hydrogen-bond acceptors (Lipinski definition) is 2. The average Bonchev–Trinajstić information content (AvgIpc) is 3.33. The first-order valence-corrected chi connectivity index (χ1v) is 11.7. The Hall–Kier alpha value is -2.39. The number of benzene rings is 1. The number of aromatic nitrogens is 1. The second-order valence-corrected chi connectivity index (χ2v) is 9.93. The first kappa shape index (κ1) is 17.5. The van der Waals surface area contributed by atoms with Crippen LogP contribution in [-0.4, -0.2) is 10.2 Å². The number of carbonyl (C=O) groups excluding carboxylic acids is 1. The maximum absolute atomic E-state index is 13.6. The van der Waals surface area contributed by atoms with E-state index >= 15 is 0 Å². The lowest BCUT2D eigenvalue weighted by Gasteiger charge is -2.28. The molecule has 0 N–H and O–H groups in total. The predicted molar refractivity (Wildman–Crippen MR) is 120 cm³/mol. The van der Waals surface area contributed by atoms with E-state index in [4.69, 9.17) is 0 Å². The van der Waals surface area contributed by atoms with E-state index in [1.54, 1.807) is 0 Å². The molecular formula is C26H25NOS. The molecule has 0 aliphatic heterocycles. The Morgan fingerprint density at radius 2 is 1.66 bits per heavy atom. The fraction of sp³-hybridized carbons (Fsp3) is 0.346. The van der Waals surface area contributed by atoms with Gasteiger partial charge in [-0.15, -0.1) is 11.3 Å². The number of thiophene rings is 1. The van der Waals surface area contributed by atoms with Crippen LogP contribution in [0.5, 0.6) is 0 Å².